The lowest BCUT2D eigenvalue weighted by Crippen LogP contribution is -2.61. The molecule has 0 bridgehead atoms. The van der Waals surface area contributed by atoms with Crippen molar-refractivity contribution in [2.45, 2.75) is 37.5 Å². The molecule has 1 aromatic heterocycles. The first-order valence-corrected chi connectivity index (χ1v) is 6.57. The first-order valence-electron chi connectivity index (χ1n) is 6.57. The van der Waals surface area contributed by atoms with Crippen LogP contribution in [0.2, 0.25) is 0 Å². The number of hydrogen-bond acceptors (Lipinski definition) is 6. The van der Waals surface area contributed by atoms with Gasteiger partial charge in [0.1, 0.15) is 25.4 Å². The third-order valence-electron chi connectivity index (χ3n) is 3.62. The fraction of sp³-hybridized carbons (Fsp3) is 0.667. The van der Waals surface area contributed by atoms with E-state index in [-0.39, 0.29) is 13.2 Å². The quantitative estimate of drug-likeness (QED) is 0.588. The highest BCUT2D eigenvalue weighted by molar-refractivity contribution is 5.85. The van der Waals surface area contributed by atoms with Crippen LogP contribution in [0.25, 0.3) is 0 Å². The van der Waals surface area contributed by atoms with Crippen molar-refractivity contribution in [3.63, 3.8) is 0 Å². The number of carbonyl (C=O) groups is 2. The van der Waals surface area contributed by atoms with E-state index in [1.807, 2.05) is 0 Å². The number of hydrogen-bond donors (Lipinski definition) is 3. The van der Waals surface area contributed by atoms with Gasteiger partial charge in [0.2, 0.25) is 5.91 Å². The van der Waals surface area contributed by atoms with E-state index in [1.165, 1.54) is 13.4 Å². The molecule has 0 spiro atoms. The lowest BCUT2D eigenvalue weighted by molar-refractivity contribution is -0.161. The zero-order chi connectivity index (χ0) is 15.3. The van der Waals surface area contributed by atoms with Crippen LogP contribution in [0.1, 0.15) is 25.1 Å². The van der Waals surface area contributed by atoms with E-state index in [1.54, 1.807) is 0 Å². The van der Waals surface area contributed by atoms with Crippen molar-refractivity contribution in [3.8, 4) is 0 Å². The Morgan fingerprint density at radius 1 is 1.57 bits per heavy atom. The molecule has 1 atom stereocenters. The summed E-state index contributed by atoms with van der Waals surface area (Å²) in [7, 11) is 1.46. The predicted octanol–water partition coefficient (Wildman–Crippen LogP) is -0.540. The van der Waals surface area contributed by atoms with Gasteiger partial charge in [0.15, 0.2) is 6.04 Å². The predicted molar refractivity (Wildman–Crippen MR) is 69.2 cm³/mol. The molecule has 21 heavy (non-hydrogen) atoms. The van der Waals surface area contributed by atoms with Crippen LogP contribution in [0.4, 0.5) is 0 Å². The molecule has 1 heterocycles. The Balaban J connectivity index is 1.82. The van der Waals surface area contributed by atoms with E-state index in [9.17, 15) is 14.7 Å². The SMILES string of the molecule is COC1(C(NC(=O)COCc2ncn[nH]2)C(=O)O)CCC1. The van der Waals surface area contributed by atoms with Crippen molar-refractivity contribution in [2.24, 2.45) is 0 Å². The van der Waals surface area contributed by atoms with Crippen LogP contribution >= 0.6 is 0 Å². The average Bonchev–Trinajstić information content (AvgIpc) is 2.90. The molecule has 0 saturated heterocycles. The maximum atomic E-state index is 11.8. The number of H-pyrrole nitrogens is 1. The smallest absolute Gasteiger partial charge is 0.329 e. The first-order chi connectivity index (χ1) is 10.1. The van der Waals surface area contributed by atoms with E-state index in [0.29, 0.717) is 18.7 Å². The standard InChI is InChI=1S/C12H18N4O5/c1-20-12(3-2-4-12)10(11(18)19)15-9(17)6-21-5-8-13-7-14-16-8/h7,10H,2-6H2,1H3,(H,15,17)(H,18,19)(H,13,14,16). The van der Waals surface area contributed by atoms with Crippen LogP contribution in [-0.4, -0.2) is 57.5 Å². The van der Waals surface area contributed by atoms with Gasteiger partial charge >= 0.3 is 5.97 Å². The summed E-state index contributed by atoms with van der Waals surface area (Å²) in [5.41, 5.74) is -0.813. The Labute approximate surface area is 121 Å². The number of nitrogens with one attached hydrogen (secondary N) is 2. The summed E-state index contributed by atoms with van der Waals surface area (Å²) in [4.78, 5) is 27.0. The zero-order valence-corrected chi connectivity index (χ0v) is 11.7. The number of carbonyl (C=O) groups excluding carboxylic acids is 1. The highest BCUT2D eigenvalue weighted by Gasteiger charge is 2.49. The summed E-state index contributed by atoms with van der Waals surface area (Å²) < 4.78 is 10.4. The fourth-order valence-electron chi connectivity index (χ4n) is 2.30. The molecule has 1 aromatic rings. The van der Waals surface area contributed by atoms with Gasteiger partial charge in [-0.2, -0.15) is 5.10 Å². The van der Waals surface area contributed by atoms with Crippen molar-refractivity contribution >= 4 is 11.9 Å². The summed E-state index contributed by atoms with van der Waals surface area (Å²) >= 11 is 0. The molecule has 1 unspecified atom stereocenters. The molecule has 0 radical (unpaired) electrons. The van der Waals surface area contributed by atoms with E-state index in [4.69, 9.17) is 9.47 Å². The Kier molecular flexibility index (Phi) is 4.86. The minimum atomic E-state index is -1.11. The number of ether oxygens (including phenoxy) is 2. The van der Waals surface area contributed by atoms with E-state index in [2.05, 4.69) is 20.5 Å². The number of aliphatic carboxylic acids is 1. The van der Waals surface area contributed by atoms with Crippen molar-refractivity contribution in [3.05, 3.63) is 12.2 Å². The summed E-state index contributed by atoms with van der Waals surface area (Å²) in [5, 5.41) is 18.0. The van der Waals surface area contributed by atoms with Crippen molar-refractivity contribution < 1.29 is 24.2 Å². The number of methoxy groups -OCH3 is 1. The second-order valence-corrected chi connectivity index (χ2v) is 4.89. The number of carboxylic acid groups (broad SMARTS) is 1. The van der Waals surface area contributed by atoms with Crippen LogP contribution < -0.4 is 5.32 Å². The van der Waals surface area contributed by atoms with Crippen LogP contribution in [-0.2, 0) is 25.7 Å². The van der Waals surface area contributed by atoms with Gasteiger partial charge in [-0.15, -0.1) is 0 Å². The summed E-state index contributed by atoms with van der Waals surface area (Å²) in [6.45, 7) is -0.162. The number of aromatic nitrogens is 3. The van der Waals surface area contributed by atoms with Gasteiger partial charge in [-0.25, -0.2) is 9.78 Å². The van der Waals surface area contributed by atoms with Crippen LogP contribution in [0.5, 0.6) is 0 Å². The molecule has 9 heteroatoms. The summed E-state index contributed by atoms with van der Waals surface area (Å²) in [5.74, 6) is -1.13. The second kappa shape index (κ2) is 6.64. The molecular formula is C12H18N4O5. The number of nitrogens with zero attached hydrogens (tertiary/aromatic N) is 2. The van der Waals surface area contributed by atoms with Crippen LogP contribution in [0, 0.1) is 0 Å². The zero-order valence-electron chi connectivity index (χ0n) is 11.7. The molecule has 116 valence electrons. The van der Waals surface area contributed by atoms with Crippen LogP contribution in [0.3, 0.4) is 0 Å². The minimum absolute atomic E-state index is 0.0978. The molecule has 9 nitrogen and oxygen atoms in total. The molecule has 1 amide bonds. The Morgan fingerprint density at radius 3 is 2.81 bits per heavy atom. The van der Waals surface area contributed by atoms with Gasteiger partial charge in [0, 0.05) is 7.11 Å². The van der Waals surface area contributed by atoms with E-state index in [0.717, 1.165) is 6.42 Å². The van der Waals surface area contributed by atoms with Crippen molar-refractivity contribution in [1.29, 1.82) is 0 Å². The molecular weight excluding hydrogens is 280 g/mol. The second-order valence-electron chi connectivity index (χ2n) is 4.89. The highest BCUT2D eigenvalue weighted by Crippen LogP contribution is 2.38. The average molecular weight is 298 g/mol. The van der Waals surface area contributed by atoms with Gasteiger partial charge in [0.25, 0.3) is 0 Å². The van der Waals surface area contributed by atoms with Gasteiger partial charge in [-0.05, 0) is 19.3 Å². The van der Waals surface area contributed by atoms with Gasteiger partial charge in [-0.1, -0.05) is 0 Å². The van der Waals surface area contributed by atoms with Crippen LogP contribution in [0.15, 0.2) is 6.33 Å². The van der Waals surface area contributed by atoms with Gasteiger partial charge < -0.3 is 19.9 Å². The van der Waals surface area contributed by atoms with E-state index >= 15 is 0 Å². The topological polar surface area (TPSA) is 126 Å². The van der Waals surface area contributed by atoms with Gasteiger partial charge in [0.05, 0.1) is 5.60 Å². The maximum absolute atomic E-state index is 11.8. The Morgan fingerprint density at radius 2 is 2.33 bits per heavy atom. The molecule has 0 aliphatic heterocycles. The minimum Gasteiger partial charge on any atom is -0.480 e. The molecule has 1 aliphatic rings. The lowest BCUT2D eigenvalue weighted by Gasteiger charge is -2.44. The molecule has 1 saturated carbocycles. The Hall–Kier alpha value is -2.00. The number of carboxylic acids is 1. The fourth-order valence-corrected chi connectivity index (χ4v) is 2.30. The lowest BCUT2D eigenvalue weighted by atomic mass is 9.74. The third kappa shape index (κ3) is 3.56. The molecule has 1 aliphatic carbocycles. The molecule has 2 rings (SSSR count). The van der Waals surface area contributed by atoms with Crippen molar-refractivity contribution in [2.75, 3.05) is 13.7 Å². The largest absolute Gasteiger partial charge is 0.480 e. The highest BCUT2D eigenvalue weighted by atomic mass is 16.5. The summed E-state index contributed by atoms with van der Waals surface area (Å²) in [6.07, 6.45) is 3.44. The molecule has 1 fully saturated rings. The van der Waals surface area contributed by atoms with Gasteiger partial charge in [-0.3, -0.25) is 9.89 Å². The maximum Gasteiger partial charge on any atom is 0.329 e. The number of rotatable bonds is 8. The molecule has 3 N–H and O–H groups in total. The summed E-state index contributed by atoms with van der Waals surface area (Å²) in [6, 6.07) is -1.07. The molecule has 0 aromatic carbocycles. The van der Waals surface area contributed by atoms with E-state index < -0.39 is 23.5 Å². The monoisotopic (exact) mass is 298 g/mol. The normalized spacial score (nSPS) is 17.8. The number of amides is 1. The Bertz CT molecular complexity index is 480. The first kappa shape index (κ1) is 15.4. The van der Waals surface area contributed by atoms with Crippen molar-refractivity contribution in [1.82, 2.24) is 20.5 Å². The number of aromatic amines is 1. The third-order valence-corrected chi connectivity index (χ3v) is 3.62.